The highest BCUT2D eigenvalue weighted by molar-refractivity contribution is 6.99. The third-order valence-electron chi connectivity index (χ3n) is 2.60. The molecule has 0 fully saturated rings. The Morgan fingerprint density at radius 1 is 1.11 bits per heavy atom. The van der Waals surface area contributed by atoms with Crippen LogP contribution in [-0.4, -0.2) is 14.7 Å². The molecule has 1 N–H and O–H groups in total. The van der Waals surface area contributed by atoms with Gasteiger partial charge in [-0.3, -0.25) is 4.79 Å². The monoisotopic (exact) mass is 255 g/mol. The summed E-state index contributed by atoms with van der Waals surface area (Å²) < 4.78 is 7.70. The summed E-state index contributed by atoms with van der Waals surface area (Å²) in [5.74, 6) is -0.237. The first-order valence-electron chi connectivity index (χ1n) is 5.41. The number of carbonyl (C=O) groups excluding carboxylic acids is 1. The van der Waals surface area contributed by atoms with Gasteiger partial charge in [0.15, 0.2) is 5.69 Å². The molecule has 0 aliphatic heterocycles. The summed E-state index contributed by atoms with van der Waals surface area (Å²) in [6.07, 6.45) is 1.46. The third kappa shape index (κ3) is 2.08. The maximum absolute atomic E-state index is 11.8. The van der Waals surface area contributed by atoms with Crippen molar-refractivity contribution in [2.24, 2.45) is 0 Å². The van der Waals surface area contributed by atoms with E-state index in [1.54, 1.807) is 0 Å². The fourth-order valence-corrected chi connectivity index (χ4v) is 2.14. The molecule has 0 saturated heterocycles. The van der Waals surface area contributed by atoms with Crippen molar-refractivity contribution in [3.8, 4) is 0 Å². The molecule has 3 rings (SSSR count). The van der Waals surface area contributed by atoms with E-state index in [9.17, 15) is 4.79 Å². The Balaban J connectivity index is 1.89. The SMILES string of the molecule is O=C(Nc1ccc2ccccc2c1)c1cnsn1. The number of hydrogen-bond acceptors (Lipinski definition) is 4. The lowest BCUT2D eigenvalue weighted by Gasteiger charge is -2.04. The largest absolute Gasteiger partial charge is 0.321 e. The molecule has 4 nitrogen and oxygen atoms in total. The van der Waals surface area contributed by atoms with E-state index >= 15 is 0 Å². The highest BCUT2D eigenvalue weighted by Crippen LogP contribution is 2.19. The van der Waals surface area contributed by atoms with E-state index in [4.69, 9.17) is 0 Å². The number of hydrogen-bond donors (Lipinski definition) is 1. The number of rotatable bonds is 2. The topological polar surface area (TPSA) is 54.9 Å². The Kier molecular flexibility index (Phi) is 2.74. The molecular formula is C13H9N3OS. The van der Waals surface area contributed by atoms with Gasteiger partial charge in [-0.15, -0.1) is 0 Å². The lowest BCUT2D eigenvalue weighted by atomic mass is 10.1. The first-order chi connectivity index (χ1) is 8.83. The standard InChI is InChI=1S/C13H9N3OS/c17-13(12-8-14-18-16-12)15-11-6-5-9-3-1-2-4-10(9)7-11/h1-8H,(H,15,17). The summed E-state index contributed by atoms with van der Waals surface area (Å²) in [4.78, 5) is 11.8. The van der Waals surface area contributed by atoms with Gasteiger partial charge in [0.2, 0.25) is 0 Å². The number of nitrogens with zero attached hydrogens (tertiary/aromatic N) is 2. The molecule has 1 amide bonds. The van der Waals surface area contributed by atoms with Crippen molar-refractivity contribution in [2.45, 2.75) is 0 Å². The Morgan fingerprint density at radius 3 is 2.72 bits per heavy atom. The summed E-state index contributed by atoms with van der Waals surface area (Å²) in [6, 6.07) is 13.8. The predicted molar refractivity (Wildman–Crippen MR) is 71.8 cm³/mol. The van der Waals surface area contributed by atoms with Gasteiger partial charge in [-0.1, -0.05) is 30.3 Å². The first kappa shape index (κ1) is 10.9. The fraction of sp³-hybridized carbons (Fsp3) is 0. The molecule has 0 radical (unpaired) electrons. The maximum Gasteiger partial charge on any atom is 0.277 e. The molecule has 0 spiro atoms. The number of nitrogens with one attached hydrogen (secondary N) is 1. The van der Waals surface area contributed by atoms with Crippen LogP contribution >= 0.6 is 11.7 Å². The van der Waals surface area contributed by atoms with Crippen LogP contribution in [0.2, 0.25) is 0 Å². The number of anilines is 1. The van der Waals surface area contributed by atoms with E-state index < -0.39 is 0 Å². The lowest BCUT2D eigenvalue weighted by Crippen LogP contribution is -2.11. The molecule has 18 heavy (non-hydrogen) atoms. The summed E-state index contributed by atoms with van der Waals surface area (Å²) >= 11 is 1.02. The molecular weight excluding hydrogens is 246 g/mol. The molecule has 1 heterocycles. The van der Waals surface area contributed by atoms with Crippen LogP contribution in [-0.2, 0) is 0 Å². The minimum Gasteiger partial charge on any atom is -0.321 e. The van der Waals surface area contributed by atoms with Crippen molar-refractivity contribution in [3.63, 3.8) is 0 Å². The molecule has 1 aromatic heterocycles. The van der Waals surface area contributed by atoms with Crippen LogP contribution in [0.15, 0.2) is 48.7 Å². The zero-order valence-electron chi connectivity index (χ0n) is 9.33. The highest BCUT2D eigenvalue weighted by atomic mass is 32.1. The molecule has 3 aromatic rings. The molecule has 0 aliphatic carbocycles. The van der Waals surface area contributed by atoms with Crippen molar-refractivity contribution in [3.05, 3.63) is 54.4 Å². The van der Waals surface area contributed by atoms with E-state index in [0.717, 1.165) is 28.2 Å². The number of aromatic nitrogens is 2. The zero-order valence-corrected chi connectivity index (χ0v) is 10.1. The summed E-state index contributed by atoms with van der Waals surface area (Å²) in [6.45, 7) is 0. The molecule has 0 atom stereocenters. The quantitative estimate of drug-likeness (QED) is 0.766. The van der Waals surface area contributed by atoms with Gasteiger partial charge in [0.05, 0.1) is 17.9 Å². The van der Waals surface area contributed by atoms with Gasteiger partial charge in [-0.25, -0.2) is 0 Å². The molecule has 0 bridgehead atoms. The van der Waals surface area contributed by atoms with Gasteiger partial charge in [-0.2, -0.15) is 8.75 Å². The van der Waals surface area contributed by atoms with Crippen LogP contribution in [0.25, 0.3) is 10.8 Å². The summed E-state index contributed by atoms with van der Waals surface area (Å²) in [5, 5.41) is 5.04. The highest BCUT2D eigenvalue weighted by Gasteiger charge is 2.08. The molecule has 2 aromatic carbocycles. The second kappa shape index (κ2) is 4.54. The van der Waals surface area contributed by atoms with Crippen LogP contribution in [0, 0.1) is 0 Å². The van der Waals surface area contributed by atoms with Crippen molar-refractivity contribution in [1.82, 2.24) is 8.75 Å². The van der Waals surface area contributed by atoms with Crippen molar-refractivity contribution >= 4 is 34.1 Å². The van der Waals surface area contributed by atoms with Crippen molar-refractivity contribution < 1.29 is 4.79 Å². The lowest BCUT2D eigenvalue weighted by molar-refractivity contribution is 0.102. The van der Waals surface area contributed by atoms with Crippen molar-refractivity contribution in [1.29, 1.82) is 0 Å². The van der Waals surface area contributed by atoms with Crippen LogP contribution in [0.1, 0.15) is 10.5 Å². The maximum atomic E-state index is 11.8. The molecule has 5 heteroatoms. The average Bonchev–Trinajstić information content (AvgIpc) is 2.92. The van der Waals surface area contributed by atoms with E-state index in [-0.39, 0.29) is 5.91 Å². The number of amides is 1. The third-order valence-corrected chi connectivity index (χ3v) is 3.08. The average molecular weight is 255 g/mol. The number of fused-ring (bicyclic) bond motifs is 1. The van der Waals surface area contributed by atoms with Gasteiger partial charge in [-0.05, 0) is 22.9 Å². The number of benzene rings is 2. The van der Waals surface area contributed by atoms with Crippen molar-refractivity contribution in [2.75, 3.05) is 5.32 Å². The molecule has 0 aliphatic rings. The second-order valence-electron chi connectivity index (χ2n) is 3.81. The molecule has 0 unspecified atom stereocenters. The Labute approximate surface area is 108 Å². The van der Waals surface area contributed by atoms with E-state index in [1.165, 1.54) is 6.20 Å². The van der Waals surface area contributed by atoms with E-state index in [1.807, 2.05) is 42.5 Å². The fourth-order valence-electron chi connectivity index (χ4n) is 1.73. The summed E-state index contributed by atoms with van der Waals surface area (Å²) in [7, 11) is 0. The smallest absolute Gasteiger partial charge is 0.277 e. The minimum atomic E-state index is -0.237. The number of carbonyl (C=O) groups is 1. The molecule has 0 saturated carbocycles. The second-order valence-corrected chi connectivity index (χ2v) is 4.37. The van der Waals surface area contributed by atoms with Gasteiger partial charge < -0.3 is 5.32 Å². The van der Waals surface area contributed by atoms with Gasteiger partial charge in [0, 0.05) is 5.69 Å². The minimum absolute atomic E-state index is 0.237. The van der Waals surface area contributed by atoms with Gasteiger partial charge in [0.25, 0.3) is 5.91 Å². The first-order valence-corrected chi connectivity index (χ1v) is 6.14. The van der Waals surface area contributed by atoms with Gasteiger partial charge >= 0.3 is 0 Å². The Hall–Kier alpha value is -2.27. The normalized spacial score (nSPS) is 10.4. The van der Waals surface area contributed by atoms with Crippen LogP contribution in [0.5, 0.6) is 0 Å². The van der Waals surface area contributed by atoms with Gasteiger partial charge in [0.1, 0.15) is 0 Å². The van der Waals surface area contributed by atoms with E-state index in [0.29, 0.717) is 5.69 Å². The van der Waals surface area contributed by atoms with E-state index in [2.05, 4.69) is 14.1 Å². The van der Waals surface area contributed by atoms with Crippen LogP contribution < -0.4 is 5.32 Å². The predicted octanol–water partition coefficient (Wildman–Crippen LogP) is 2.94. The van der Waals surface area contributed by atoms with Crippen LogP contribution in [0.4, 0.5) is 5.69 Å². The van der Waals surface area contributed by atoms with Crippen LogP contribution in [0.3, 0.4) is 0 Å². The molecule has 88 valence electrons. The zero-order chi connectivity index (χ0) is 12.4. The Bertz CT molecular complexity index is 694. The Morgan fingerprint density at radius 2 is 1.94 bits per heavy atom. The summed E-state index contributed by atoms with van der Waals surface area (Å²) in [5.41, 5.74) is 1.10.